The summed E-state index contributed by atoms with van der Waals surface area (Å²) in [5.74, 6) is 0. The molecule has 1 heterocycles. The number of nitrogens with zero attached hydrogens (tertiary/aromatic N) is 2. The van der Waals surface area contributed by atoms with Crippen molar-refractivity contribution in [3.63, 3.8) is 0 Å². The van der Waals surface area contributed by atoms with Gasteiger partial charge in [0.1, 0.15) is 0 Å². The van der Waals surface area contributed by atoms with Crippen molar-refractivity contribution in [1.29, 1.82) is 0 Å². The molecule has 1 aliphatic heterocycles. The van der Waals surface area contributed by atoms with Gasteiger partial charge >= 0.3 is 0 Å². The maximum Gasteiger partial charge on any atom is 0.0409 e. The fourth-order valence-electron chi connectivity index (χ4n) is 2.70. The Kier molecular flexibility index (Phi) is 4.62. The van der Waals surface area contributed by atoms with Crippen LogP contribution in [0, 0.1) is 0 Å². The summed E-state index contributed by atoms with van der Waals surface area (Å²) >= 11 is 6.07. The maximum absolute atomic E-state index is 6.07. The van der Waals surface area contributed by atoms with E-state index in [4.69, 9.17) is 17.3 Å². The summed E-state index contributed by atoms with van der Waals surface area (Å²) in [4.78, 5) is 4.84. The zero-order valence-corrected chi connectivity index (χ0v) is 11.9. The summed E-state index contributed by atoms with van der Waals surface area (Å²) in [6.07, 6.45) is 0. The van der Waals surface area contributed by atoms with Gasteiger partial charge in [0.15, 0.2) is 0 Å². The third kappa shape index (κ3) is 3.04. The van der Waals surface area contributed by atoms with Gasteiger partial charge in [0, 0.05) is 43.3 Å². The predicted molar refractivity (Wildman–Crippen MR) is 76.9 cm³/mol. The molecule has 0 saturated carbocycles. The number of halogens is 1. The molecule has 2 rings (SSSR count). The zero-order chi connectivity index (χ0) is 13.1. The van der Waals surface area contributed by atoms with Crippen molar-refractivity contribution in [2.24, 2.45) is 5.73 Å². The lowest BCUT2D eigenvalue weighted by molar-refractivity contribution is 0.0621. The van der Waals surface area contributed by atoms with E-state index >= 15 is 0 Å². The fourth-order valence-corrected chi connectivity index (χ4v) is 2.90. The van der Waals surface area contributed by atoms with Crippen LogP contribution in [0.3, 0.4) is 0 Å². The average Bonchev–Trinajstić information content (AvgIpc) is 2.37. The molecule has 1 saturated heterocycles. The van der Waals surface area contributed by atoms with Gasteiger partial charge in [0.05, 0.1) is 0 Å². The first-order valence-electron chi connectivity index (χ1n) is 6.51. The molecule has 0 radical (unpaired) electrons. The second-order valence-electron chi connectivity index (χ2n) is 5.12. The first-order chi connectivity index (χ1) is 8.61. The Labute approximate surface area is 115 Å². The lowest BCUT2D eigenvalue weighted by atomic mass is 10.0. The van der Waals surface area contributed by atoms with Crippen LogP contribution in [0.1, 0.15) is 18.5 Å². The number of rotatable bonds is 3. The van der Waals surface area contributed by atoms with Gasteiger partial charge in [-0.05, 0) is 31.7 Å². The van der Waals surface area contributed by atoms with Crippen LogP contribution in [0.5, 0.6) is 0 Å². The molecule has 4 heteroatoms. The standard InChI is InChI=1S/C14H22ClN3/c1-11(12-4-3-5-13(15)8-12)18-7-6-17(2)10-14(18)9-16/h3-5,8,11,14H,6-7,9-10,16H2,1-2H3. The van der Waals surface area contributed by atoms with Crippen LogP contribution in [-0.2, 0) is 0 Å². The fraction of sp³-hybridized carbons (Fsp3) is 0.571. The summed E-state index contributed by atoms with van der Waals surface area (Å²) in [6.45, 7) is 6.14. The molecule has 0 aliphatic carbocycles. The Hall–Kier alpha value is -0.610. The zero-order valence-electron chi connectivity index (χ0n) is 11.1. The van der Waals surface area contributed by atoms with Crippen molar-refractivity contribution in [3.8, 4) is 0 Å². The molecule has 0 aromatic heterocycles. The van der Waals surface area contributed by atoms with Crippen LogP contribution in [-0.4, -0.2) is 49.1 Å². The van der Waals surface area contributed by atoms with E-state index in [1.165, 1.54) is 5.56 Å². The van der Waals surface area contributed by atoms with Crippen molar-refractivity contribution < 1.29 is 0 Å². The van der Waals surface area contributed by atoms with E-state index in [2.05, 4.69) is 35.9 Å². The molecule has 1 aromatic carbocycles. The maximum atomic E-state index is 6.07. The largest absolute Gasteiger partial charge is 0.329 e. The lowest BCUT2D eigenvalue weighted by Crippen LogP contribution is -2.55. The lowest BCUT2D eigenvalue weighted by Gasteiger charge is -2.43. The van der Waals surface area contributed by atoms with Crippen LogP contribution in [0.4, 0.5) is 0 Å². The van der Waals surface area contributed by atoms with Crippen LogP contribution >= 0.6 is 11.6 Å². The molecule has 2 unspecified atom stereocenters. The highest BCUT2D eigenvalue weighted by Gasteiger charge is 2.28. The Morgan fingerprint density at radius 2 is 2.22 bits per heavy atom. The number of likely N-dealkylation sites (N-methyl/N-ethyl adjacent to an activating group) is 1. The van der Waals surface area contributed by atoms with Crippen molar-refractivity contribution in [1.82, 2.24) is 9.80 Å². The summed E-state index contributed by atoms with van der Waals surface area (Å²) < 4.78 is 0. The van der Waals surface area contributed by atoms with E-state index in [0.717, 1.165) is 24.7 Å². The highest BCUT2D eigenvalue weighted by Crippen LogP contribution is 2.26. The average molecular weight is 268 g/mol. The third-order valence-electron chi connectivity index (χ3n) is 3.83. The van der Waals surface area contributed by atoms with Gasteiger partial charge in [-0.15, -0.1) is 0 Å². The number of nitrogens with two attached hydrogens (primary N) is 1. The molecule has 2 N–H and O–H groups in total. The van der Waals surface area contributed by atoms with Gasteiger partial charge in [0.25, 0.3) is 0 Å². The summed E-state index contributed by atoms with van der Waals surface area (Å²) in [7, 11) is 2.16. The first kappa shape index (κ1) is 13.8. The van der Waals surface area contributed by atoms with Crippen LogP contribution in [0.2, 0.25) is 5.02 Å². The first-order valence-corrected chi connectivity index (χ1v) is 6.89. The molecule has 100 valence electrons. The van der Waals surface area contributed by atoms with E-state index < -0.39 is 0 Å². The molecule has 0 amide bonds. The molecule has 0 bridgehead atoms. The summed E-state index contributed by atoms with van der Waals surface area (Å²) in [5.41, 5.74) is 7.18. The molecule has 2 atom stereocenters. The molecule has 3 nitrogen and oxygen atoms in total. The summed E-state index contributed by atoms with van der Waals surface area (Å²) in [6, 6.07) is 8.92. The van der Waals surface area contributed by atoms with Gasteiger partial charge in [-0.2, -0.15) is 0 Å². The molecular weight excluding hydrogens is 246 g/mol. The van der Waals surface area contributed by atoms with E-state index in [0.29, 0.717) is 18.6 Å². The number of hydrogen-bond donors (Lipinski definition) is 1. The minimum atomic E-state index is 0.367. The Bertz CT molecular complexity index is 396. The van der Waals surface area contributed by atoms with Crippen molar-refractivity contribution in [2.75, 3.05) is 33.2 Å². The van der Waals surface area contributed by atoms with E-state index in [1.54, 1.807) is 0 Å². The normalized spacial score (nSPS) is 24.1. The molecule has 0 spiro atoms. The molecule has 1 fully saturated rings. The van der Waals surface area contributed by atoms with Crippen LogP contribution < -0.4 is 5.73 Å². The highest BCUT2D eigenvalue weighted by atomic mass is 35.5. The molecule has 18 heavy (non-hydrogen) atoms. The molecular formula is C14H22ClN3. The molecule has 1 aromatic rings. The van der Waals surface area contributed by atoms with Gasteiger partial charge in [-0.1, -0.05) is 23.7 Å². The monoisotopic (exact) mass is 267 g/mol. The minimum Gasteiger partial charge on any atom is -0.329 e. The van der Waals surface area contributed by atoms with Crippen LogP contribution in [0.15, 0.2) is 24.3 Å². The van der Waals surface area contributed by atoms with Gasteiger partial charge < -0.3 is 10.6 Å². The second-order valence-corrected chi connectivity index (χ2v) is 5.56. The van der Waals surface area contributed by atoms with Gasteiger partial charge in [-0.25, -0.2) is 0 Å². The van der Waals surface area contributed by atoms with Crippen molar-refractivity contribution in [2.45, 2.75) is 19.0 Å². The van der Waals surface area contributed by atoms with Crippen molar-refractivity contribution >= 4 is 11.6 Å². The number of benzene rings is 1. The van der Waals surface area contributed by atoms with E-state index in [-0.39, 0.29) is 0 Å². The minimum absolute atomic E-state index is 0.367. The van der Waals surface area contributed by atoms with E-state index in [1.807, 2.05) is 12.1 Å². The quantitative estimate of drug-likeness (QED) is 0.909. The number of piperazine rings is 1. The predicted octanol–water partition coefficient (Wildman–Crippen LogP) is 1.98. The SMILES string of the molecule is CC(c1cccc(Cl)c1)N1CCN(C)CC1CN. The van der Waals surface area contributed by atoms with Crippen molar-refractivity contribution in [3.05, 3.63) is 34.9 Å². The van der Waals surface area contributed by atoms with Crippen LogP contribution in [0.25, 0.3) is 0 Å². The van der Waals surface area contributed by atoms with Gasteiger partial charge in [0.2, 0.25) is 0 Å². The Morgan fingerprint density at radius 3 is 2.89 bits per heavy atom. The smallest absolute Gasteiger partial charge is 0.0409 e. The number of hydrogen-bond acceptors (Lipinski definition) is 3. The third-order valence-corrected chi connectivity index (χ3v) is 4.07. The Morgan fingerprint density at radius 1 is 1.44 bits per heavy atom. The molecule has 1 aliphatic rings. The highest BCUT2D eigenvalue weighted by molar-refractivity contribution is 6.30. The van der Waals surface area contributed by atoms with Gasteiger partial charge in [-0.3, -0.25) is 4.90 Å². The van der Waals surface area contributed by atoms with E-state index in [9.17, 15) is 0 Å². The Balaban J connectivity index is 2.14. The second kappa shape index (κ2) is 6.02. The topological polar surface area (TPSA) is 32.5 Å². The summed E-state index contributed by atoms with van der Waals surface area (Å²) in [5, 5.41) is 0.803.